The molecule has 0 aliphatic carbocycles. The predicted octanol–water partition coefficient (Wildman–Crippen LogP) is 4.11. The van der Waals surface area contributed by atoms with Gasteiger partial charge in [0.05, 0.1) is 0 Å². The van der Waals surface area contributed by atoms with Gasteiger partial charge < -0.3 is 0 Å². The van der Waals surface area contributed by atoms with Crippen LogP contribution >= 0.6 is 0 Å². The maximum Gasteiger partial charge on any atom is 0.193 e. The van der Waals surface area contributed by atoms with E-state index in [-0.39, 0.29) is 5.78 Å². The van der Waals surface area contributed by atoms with Crippen molar-refractivity contribution in [3.63, 3.8) is 0 Å². The second kappa shape index (κ2) is 8.15. The lowest BCUT2D eigenvalue weighted by molar-refractivity contribution is 0.103. The summed E-state index contributed by atoms with van der Waals surface area (Å²) in [5, 5.41) is 0. The Morgan fingerprint density at radius 3 is 1.31 bits per heavy atom. The van der Waals surface area contributed by atoms with Gasteiger partial charge in [0, 0.05) is 24.2 Å². The number of rotatable bonds is 6. The molecular weight excluding hydrogens is 320 g/mol. The molecule has 0 aromatic heterocycles. The van der Waals surface area contributed by atoms with Gasteiger partial charge >= 0.3 is 0 Å². The normalized spacial score (nSPS) is 18.5. The van der Waals surface area contributed by atoms with Gasteiger partial charge in [-0.05, 0) is 63.0 Å². The molecule has 0 radical (unpaired) electrons. The molecule has 0 amide bonds. The van der Waals surface area contributed by atoms with Crippen LogP contribution in [0.4, 0.5) is 0 Å². The van der Waals surface area contributed by atoms with Gasteiger partial charge in [0.25, 0.3) is 0 Å². The van der Waals surface area contributed by atoms with Crippen molar-refractivity contribution in [1.82, 2.24) is 9.80 Å². The quantitative estimate of drug-likeness (QED) is 0.734. The van der Waals surface area contributed by atoms with E-state index in [1.165, 1.54) is 63.0 Å². The van der Waals surface area contributed by atoms with Gasteiger partial charge in [0.2, 0.25) is 0 Å². The first-order valence-electron chi connectivity index (χ1n) is 9.95. The molecule has 2 fully saturated rings. The number of benzene rings is 2. The Morgan fingerprint density at radius 1 is 0.615 bits per heavy atom. The van der Waals surface area contributed by atoms with Crippen LogP contribution in [-0.4, -0.2) is 41.8 Å². The van der Waals surface area contributed by atoms with Crippen molar-refractivity contribution in [2.45, 2.75) is 38.8 Å². The second-order valence-corrected chi connectivity index (χ2v) is 7.69. The highest BCUT2D eigenvalue weighted by atomic mass is 16.1. The Kier molecular flexibility index (Phi) is 5.47. The summed E-state index contributed by atoms with van der Waals surface area (Å²) in [7, 11) is 0. The summed E-state index contributed by atoms with van der Waals surface area (Å²) in [6.45, 7) is 6.79. The standard InChI is InChI=1S/C23H28N2O/c26-23(21-9-5-19(6-10-21)17-24-13-1-2-14-24)22-11-7-20(8-12-22)18-25-15-3-4-16-25/h5-12H,1-4,13-18H2. The first-order valence-corrected chi connectivity index (χ1v) is 9.95. The molecule has 0 unspecified atom stereocenters. The van der Waals surface area contributed by atoms with Crippen LogP contribution in [0.25, 0.3) is 0 Å². The molecule has 0 bridgehead atoms. The zero-order chi connectivity index (χ0) is 17.8. The molecule has 2 saturated heterocycles. The van der Waals surface area contributed by atoms with Gasteiger partial charge in [-0.25, -0.2) is 0 Å². The zero-order valence-electron chi connectivity index (χ0n) is 15.5. The molecule has 2 aromatic carbocycles. The first-order chi connectivity index (χ1) is 12.8. The summed E-state index contributed by atoms with van der Waals surface area (Å²) in [5.74, 6) is 0.116. The van der Waals surface area contributed by atoms with Crippen LogP contribution in [0.1, 0.15) is 52.7 Å². The summed E-state index contributed by atoms with van der Waals surface area (Å²) >= 11 is 0. The molecule has 2 aromatic rings. The number of nitrogens with zero attached hydrogens (tertiary/aromatic N) is 2. The van der Waals surface area contributed by atoms with Gasteiger partial charge in [0.15, 0.2) is 5.78 Å². The smallest absolute Gasteiger partial charge is 0.193 e. The van der Waals surface area contributed by atoms with Gasteiger partial charge in [-0.3, -0.25) is 14.6 Å². The number of carbonyl (C=O) groups is 1. The third kappa shape index (κ3) is 4.22. The molecule has 0 atom stereocenters. The molecule has 3 heteroatoms. The third-order valence-corrected chi connectivity index (χ3v) is 5.64. The number of ketones is 1. The Balaban J connectivity index is 1.38. The number of hydrogen-bond donors (Lipinski definition) is 0. The topological polar surface area (TPSA) is 23.6 Å². The summed E-state index contributed by atoms with van der Waals surface area (Å²) in [6, 6.07) is 16.3. The van der Waals surface area contributed by atoms with Crippen LogP contribution < -0.4 is 0 Å². The molecule has 2 heterocycles. The fourth-order valence-corrected chi connectivity index (χ4v) is 4.09. The minimum absolute atomic E-state index is 0.116. The third-order valence-electron chi connectivity index (χ3n) is 5.64. The maximum absolute atomic E-state index is 12.7. The molecule has 136 valence electrons. The highest BCUT2D eigenvalue weighted by Crippen LogP contribution is 2.17. The van der Waals surface area contributed by atoms with Crippen LogP contribution in [0.15, 0.2) is 48.5 Å². The van der Waals surface area contributed by atoms with Crippen molar-refractivity contribution in [2.24, 2.45) is 0 Å². The average Bonchev–Trinajstić information content (AvgIpc) is 3.37. The SMILES string of the molecule is O=C(c1ccc(CN2CCCC2)cc1)c1ccc(CN2CCCC2)cc1. The predicted molar refractivity (Wildman–Crippen MR) is 105 cm³/mol. The lowest BCUT2D eigenvalue weighted by Crippen LogP contribution is -2.18. The Morgan fingerprint density at radius 2 is 0.962 bits per heavy atom. The van der Waals surface area contributed by atoms with Gasteiger partial charge in [-0.2, -0.15) is 0 Å². The molecule has 2 aliphatic heterocycles. The molecule has 3 nitrogen and oxygen atoms in total. The fraction of sp³-hybridized carbons (Fsp3) is 0.435. The Bertz CT molecular complexity index is 660. The monoisotopic (exact) mass is 348 g/mol. The lowest BCUT2D eigenvalue weighted by atomic mass is 10.0. The maximum atomic E-state index is 12.7. The van der Waals surface area contributed by atoms with Crippen LogP contribution in [0.3, 0.4) is 0 Å². The van der Waals surface area contributed by atoms with Gasteiger partial charge in [-0.15, -0.1) is 0 Å². The zero-order valence-corrected chi connectivity index (χ0v) is 15.5. The van der Waals surface area contributed by atoms with E-state index in [1.54, 1.807) is 0 Å². The number of carbonyl (C=O) groups excluding carboxylic acids is 1. The minimum atomic E-state index is 0.116. The Hall–Kier alpha value is -1.97. The van der Waals surface area contributed by atoms with Crippen molar-refractivity contribution in [1.29, 1.82) is 0 Å². The van der Waals surface area contributed by atoms with Crippen LogP contribution in [-0.2, 0) is 13.1 Å². The van der Waals surface area contributed by atoms with E-state index < -0.39 is 0 Å². The molecule has 4 rings (SSSR count). The van der Waals surface area contributed by atoms with Crippen LogP contribution in [0.5, 0.6) is 0 Å². The number of likely N-dealkylation sites (tertiary alicyclic amines) is 2. The minimum Gasteiger partial charge on any atom is -0.299 e. The van der Waals surface area contributed by atoms with Crippen molar-refractivity contribution in [3.05, 3.63) is 70.8 Å². The highest BCUT2D eigenvalue weighted by molar-refractivity contribution is 6.08. The summed E-state index contributed by atoms with van der Waals surface area (Å²) in [4.78, 5) is 17.7. The molecule has 0 saturated carbocycles. The van der Waals surface area contributed by atoms with E-state index in [1.807, 2.05) is 24.3 Å². The van der Waals surface area contributed by atoms with Crippen molar-refractivity contribution in [3.8, 4) is 0 Å². The van der Waals surface area contributed by atoms with Crippen molar-refractivity contribution < 1.29 is 4.79 Å². The van der Waals surface area contributed by atoms with Gasteiger partial charge in [0.1, 0.15) is 0 Å². The average molecular weight is 348 g/mol. The summed E-state index contributed by atoms with van der Waals surface area (Å²) < 4.78 is 0. The van der Waals surface area contributed by atoms with E-state index in [0.717, 1.165) is 24.2 Å². The number of hydrogen-bond acceptors (Lipinski definition) is 3. The summed E-state index contributed by atoms with van der Waals surface area (Å²) in [5.41, 5.74) is 4.15. The second-order valence-electron chi connectivity index (χ2n) is 7.69. The molecule has 26 heavy (non-hydrogen) atoms. The highest BCUT2D eigenvalue weighted by Gasteiger charge is 2.14. The molecule has 0 spiro atoms. The molecule has 0 N–H and O–H groups in total. The molecule has 2 aliphatic rings. The van der Waals surface area contributed by atoms with E-state index in [2.05, 4.69) is 34.1 Å². The molecular formula is C23H28N2O. The van der Waals surface area contributed by atoms with E-state index in [9.17, 15) is 4.79 Å². The Labute approximate surface area is 156 Å². The van der Waals surface area contributed by atoms with Crippen LogP contribution in [0, 0.1) is 0 Å². The van der Waals surface area contributed by atoms with Crippen molar-refractivity contribution in [2.75, 3.05) is 26.2 Å². The summed E-state index contributed by atoms with van der Waals surface area (Å²) in [6.07, 6.45) is 5.24. The van der Waals surface area contributed by atoms with Crippen LogP contribution in [0.2, 0.25) is 0 Å². The van der Waals surface area contributed by atoms with E-state index in [0.29, 0.717) is 0 Å². The lowest BCUT2D eigenvalue weighted by Gasteiger charge is -2.15. The largest absolute Gasteiger partial charge is 0.299 e. The first kappa shape index (κ1) is 17.4. The van der Waals surface area contributed by atoms with E-state index in [4.69, 9.17) is 0 Å². The van der Waals surface area contributed by atoms with Crippen molar-refractivity contribution >= 4 is 5.78 Å². The fourth-order valence-electron chi connectivity index (χ4n) is 4.09. The van der Waals surface area contributed by atoms with Gasteiger partial charge in [-0.1, -0.05) is 48.5 Å². The van der Waals surface area contributed by atoms with E-state index >= 15 is 0 Å².